The standard InChI is InChI=1S/C14H8INO2S/c15-10-2-4-11(5-3-10)18-14(17)9-1-6-12-13(7-9)19-8-16-12/h1-8H. The van der Waals surface area contributed by atoms with E-state index in [1.165, 1.54) is 11.3 Å². The first-order valence-electron chi connectivity index (χ1n) is 5.53. The van der Waals surface area contributed by atoms with E-state index in [0.717, 1.165) is 13.8 Å². The molecule has 0 atom stereocenters. The van der Waals surface area contributed by atoms with Crippen molar-refractivity contribution in [2.24, 2.45) is 0 Å². The van der Waals surface area contributed by atoms with Crippen molar-refractivity contribution in [3.63, 3.8) is 0 Å². The number of thiazole rings is 1. The number of carbonyl (C=O) groups is 1. The predicted molar refractivity (Wildman–Crippen MR) is 83.7 cm³/mol. The van der Waals surface area contributed by atoms with Gasteiger partial charge in [0, 0.05) is 3.57 Å². The van der Waals surface area contributed by atoms with Crippen molar-refractivity contribution < 1.29 is 9.53 Å². The molecule has 0 radical (unpaired) electrons. The zero-order valence-electron chi connectivity index (χ0n) is 9.67. The summed E-state index contributed by atoms with van der Waals surface area (Å²) in [5.74, 6) is 0.200. The van der Waals surface area contributed by atoms with Crippen LogP contribution in [0.15, 0.2) is 48.0 Å². The SMILES string of the molecule is O=C(Oc1ccc(I)cc1)c1ccc2ncsc2c1. The molecular formula is C14H8INO2S. The van der Waals surface area contributed by atoms with Gasteiger partial charge in [-0.3, -0.25) is 0 Å². The average Bonchev–Trinajstić information content (AvgIpc) is 2.88. The van der Waals surface area contributed by atoms with Crippen LogP contribution in [0, 0.1) is 3.57 Å². The zero-order chi connectivity index (χ0) is 13.2. The van der Waals surface area contributed by atoms with Gasteiger partial charge in [0.05, 0.1) is 21.3 Å². The fraction of sp³-hybridized carbons (Fsp3) is 0. The normalized spacial score (nSPS) is 10.6. The van der Waals surface area contributed by atoms with Gasteiger partial charge in [0.25, 0.3) is 0 Å². The number of esters is 1. The van der Waals surface area contributed by atoms with Crippen LogP contribution in [-0.2, 0) is 0 Å². The molecule has 1 aromatic heterocycles. The number of fused-ring (bicyclic) bond motifs is 1. The van der Waals surface area contributed by atoms with Gasteiger partial charge in [-0.15, -0.1) is 11.3 Å². The fourth-order valence-electron chi connectivity index (χ4n) is 1.65. The van der Waals surface area contributed by atoms with Crippen LogP contribution in [0.25, 0.3) is 10.2 Å². The molecule has 0 N–H and O–H groups in total. The van der Waals surface area contributed by atoms with Crippen LogP contribution in [0.5, 0.6) is 5.75 Å². The topological polar surface area (TPSA) is 39.2 Å². The molecular weight excluding hydrogens is 373 g/mol. The Morgan fingerprint density at radius 1 is 1.16 bits per heavy atom. The van der Waals surface area contributed by atoms with Crippen molar-refractivity contribution in [3.05, 3.63) is 57.1 Å². The maximum Gasteiger partial charge on any atom is 0.343 e. The highest BCUT2D eigenvalue weighted by atomic mass is 127. The second-order valence-corrected chi connectivity index (χ2v) is 6.01. The Hall–Kier alpha value is -1.47. The number of carbonyl (C=O) groups excluding carboxylic acids is 1. The van der Waals surface area contributed by atoms with Gasteiger partial charge in [0.1, 0.15) is 5.75 Å². The molecule has 1 heterocycles. The monoisotopic (exact) mass is 381 g/mol. The summed E-state index contributed by atoms with van der Waals surface area (Å²) in [6, 6.07) is 12.7. The molecule has 94 valence electrons. The second-order valence-electron chi connectivity index (χ2n) is 3.88. The molecule has 5 heteroatoms. The zero-order valence-corrected chi connectivity index (χ0v) is 12.6. The molecule has 0 aliphatic heterocycles. The van der Waals surface area contributed by atoms with Crippen LogP contribution in [-0.4, -0.2) is 11.0 Å². The van der Waals surface area contributed by atoms with E-state index in [9.17, 15) is 4.79 Å². The van der Waals surface area contributed by atoms with E-state index < -0.39 is 0 Å². The number of nitrogens with zero attached hydrogens (tertiary/aromatic N) is 1. The molecule has 0 bridgehead atoms. The van der Waals surface area contributed by atoms with E-state index in [2.05, 4.69) is 27.6 Å². The Morgan fingerprint density at radius 2 is 1.95 bits per heavy atom. The summed E-state index contributed by atoms with van der Waals surface area (Å²) in [6.07, 6.45) is 0. The average molecular weight is 381 g/mol. The minimum atomic E-state index is -0.350. The highest BCUT2D eigenvalue weighted by Gasteiger charge is 2.10. The Morgan fingerprint density at radius 3 is 2.74 bits per heavy atom. The van der Waals surface area contributed by atoms with Crippen LogP contribution in [0.4, 0.5) is 0 Å². The molecule has 0 aliphatic rings. The van der Waals surface area contributed by atoms with E-state index in [0.29, 0.717) is 11.3 Å². The highest BCUT2D eigenvalue weighted by molar-refractivity contribution is 14.1. The van der Waals surface area contributed by atoms with Crippen molar-refractivity contribution in [1.29, 1.82) is 0 Å². The van der Waals surface area contributed by atoms with Gasteiger partial charge in [-0.2, -0.15) is 0 Å². The molecule has 0 unspecified atom stereocenters. The molecule has 0 saturated heterocycles. The van der Waals surface area contributed by atoms with Crippen molar-refractivity contribution in [2.45, 2.75) is 0 Å². The minimum Gasteiger partial charge on any atom is -0.423 e. The molecule has 19 heavy (non-hydrogen) atoms. The van der Waals surface area contributed by atoms with Crippen molar-refractivity contribution in [1.82, 2.24) is 4.98 Å². The van der Waals surface area contributed by atoms with Gasteiger partial charge in [0.2, 0.25) is 0 Å². The number of hydrogen-bond donors (Lipinski definition) is 0. The van der Waals surface area contributed by atoms with Crippen LogP contribution >= 0.6 is 33.9 Å². The predicted octanol–water partition coefficient (Wildman–Crippen LogP) is 4.12. The fourth-order valence-corrected chi connectivity index (χ4v) is 2.73. The molecule has 0 spiro atoms. The number of rotatable bonds is 2. The smallest absolute Gasteiger partial charge is 0.343 e. The van der Waals surface area contributed by atoms with Gasteiger partial charge >= 0.3 is 5.97 Å². The lowest BCUT2D eigenvalue weighted by molar-refractivity contribution is 0.0735. The Bertz CT molecular complexity index is 737. The van der Waals surface area contributed by atoms with Crippen molar-refractivity contribution in [2.75, 3.05) is 0 Å². The quantitative estimate of drug-likeness (QED) is 0.381. The summed E-state index contributed by atoms with van der Waals surface area (Å²) in [5.41, 5.74) is 3.20. The highest BCUT2D eigenvalue weighted by Crippen LogP contribution is 2.21. The first-order valence-corrected chi connectivity index (χ1v) is 7.49. The van der Waals surface area contributed by atoms with Gasteiger partial charge in [-0.1, -0.05) is 0 Å². The van der Waals surface area contributed by atoms with Crippen molar-refractivity contribution in [3.8, 4) is 5.75 Å². The lowest BCUT2D eigenvalue weighted by Gasteiger charge is -2.04. The summed E-state index contributed by atoms with van der Waals surface area (Å²) < 4.78 is 7.41. The summed E-state index contributed by atoms with van der Waals surface area (Å²) in [7, 11) is 0. The van der Waals surface area contributed by atoms with E-state index >= 15 is 0 Å². The third-order valence-corrected chi connectivity index (χ3v) is 4.10. The van der Waals surface area contributed by atoms with Crippen LogP contribution in [0.1, 0.15) is 10.4 Å². The summed E-state index contributed by atoms with van der Waals surface area (Å²) in [6.45, 7) is 0. The van der Waals surface area contributed by atoms with Gasteiger partial charge in [0.15, 0.2) is 0 Å². The number of aromatic nitrogens is 1. The van der Waals surface area contributed by atoms with Gasteiger partial charge in [-0.25, -0.2) is 9.78 Å². The Kier molecular flexibility index (Phi) is 3.48. The second kappa shape index (κ2) is 5.26. The number of benzene rings is 2. The first kappa shape index (κ1) is 12.6. The summed E-state index contributed by atoms with van der Waals surface area (Å²) in [5, 5.41) is 0. The molecule has 3 nitrogen and oxygen atoms in total. The molecule has 0 aliphatic carbocycles. The molecule has 3 aromatic rings. The Balaban J connectivity index is 1.84. The molecule has 0 fully saturated rings. The molecule has 3 rings (SSSR count). The minimum absolute atomic E-state index is 0.350. The van der Waals surface area contributed by atoms with E-state index in [1.807, 2.05) is 24.3 Å². The largest absolute Gasteiger partial charge is 0.423 e. The maximum absolute atomic E-state index is 12.0. The lowest BCUT2D eigenvalue weighted by atomic mass is 10.2. The molecule has 2 aromatic carbocycles. The third-order valence-electron chi connectivity index (χ3n) is 2.59. The molecule has 0 amide bonds. The molecule has 0 saturated carbocycles. The van der Waals surface area contributed by atoms with E-state index in [1.54, 1.807) is 23.7 Å². The summed E-state index contributed by atoms with van der Waals surface area (Å²) in [4.78, 5) is 16.2. The van der Waals surface area contributed by atoms with E-state index in [-0.39, 0.29) is 5.97 Å². The van der Waals surface area contributed by atoms with Gasteiger partial charge < -0.3 is 4.74 Å². The first-order chi connectivity index (χ1) is 9.22. The summed E-state index contributed by atoms with van der Waals surface area (Å²) >= 11 is 3.71. The van der Waals surface area contributed by atoms with Gasteiger partial charge in [-0.05, 0) is 65.1 Å². The van der Waals surface area contributed by atoms with Crippen molar-refractivity contribution >= 4 is 50.1 Å². The van der Waals surface area contributed by atoms with Crippen LogP contribution in [0.2, 0.25) is 0 Å². The van der Waals surface area contributed by atoms with Crippen LogP contribution < -0.4 is 4.74 Å². The third kappa shape index (κ3) is 2.76. The number of ether oxygens (including phenoxy) is 1. The van der Waals surface area contributed by atoms with E-state index in [4.69, 9.17) is 4.74 Å². The lowest BCUT2D eigenvalue weighted by Crippen LogP contribution is -2.08. The maximum atomic E-state index is 12.0. The van der Waals surface area contributed by atoms with Crippen LogP contribution in [0.3, 0.4) is 0 Å². The number of halogens is 1. The Labute approximate surface area is 127 Å². The number of hydrogen-bond acceptors (Lipinski definition) is 4.